The van der Waals surface area contributed by atoms with E-state index in [9.17, 15) is 4.79 Å². The minimum Gasteiger partial charge on any atom is -0.356 e. The summed E-state index contributed by atoms with van der Waals surface area (Å²) in [4.78, 5) is 12.2. The van der Waals surface area contributed by atoms with Crippen molar-refractivity contribution < 1.29 is 4.79 Å². The predicted octanol–water partition coefficient (Wildman–Crippen LogP) is 5.93. The zero-order valence-corrected chi connectivity index (χ0v) is 16.2. The van der Waals surface area contributed by atoms with E-state index >= 15 is 0 Å². The number of rotatable bonds is 12. The van der Waals surface area contributed by atoms with Crippen LogP contribution in [0.3, 0.4) is 0 Å². The molecule has 1 unspecified atom stereocenters. The lowest BCUT2D eigenvalue weighted by Crippen LogP contribution is -2.27. The summed E-state index contributed by atoms with van der Waals surface area (Å²) in [5, 5.41) is 3.11. The Morgan fingerprint density at radius 3 is 2.17 bits per heavy atom. The van der Waals surface area contributed by atoms with Crippen molar-refractivity contribution in [3.8, 4) is 0 Å². The first-order valence-electron chi connectivity index (χ1n) is 9.82. The van der Waals surface area contributed by atoms with Gasteiger partial charge in [-0.3, -0.25) is 4.79 Å². The fourth-order valence-electron chi connectivity index (χ4n) is 3.15. The smallest absolute Gasteiger partial charge is 0.220 e. The maximum Gasteiger partial charge on any atom is 0.220 e. The lowest BCUT2D eigenvalue weighted by molar-refractivity contribution is -0.121. The van der Waals surface area contributed by atoms with Crippen LogP contribution in [0.5, 0.6) is 0 Å². The Bertz CT molecular complexity index is 439. The minimum atomic E-state index is 0.192. The normalized spacial score (nSPS) is 12.6. The summed E-state index contributed by atoms with van der Waals surface area (Å²) in [5.41, 5.74) is 1.27. The van der Waals surface area contributed by atoms with Crippen molar-refractivity contribution in [3.63, 3.8) is 0 Å². The van der Waals surface area contributed by atoms with Gasteiger partial charge in [-0.1, -0.05) is 90.1 Å². The van der Waals surface area contributed by atoms with Gasteiger partial charge in [0.15, 0.2) is 0 Å². The van der Waals surface area contributed by atoms with E-state index in [-0.39, 0.29) is 5.91 Å². The fraction of sp³-hybridized carbons (Fsp3) is 0.682. The van der Waals surface area contributed by atoms with Gasteiger partial charge < -0.3 is 5.32 Å². The van der Waals surface area contributed by atoms with Gasteiger partial charge in [-0.2, -0.15) is 0 Å². The van der Waals surface area contributed by atoms with Crippen molar-refractivity contribution in [2.75, 3.05) is 6.54 Å². The van der Waals surface area contributed by atoms with E-state index in [4.69, 9.17) is 0 Å². The highest BCUT2D eigenvalue weighted by molar-refractivity contribution is 5.76. The number of carbonyl (C=O) groups excluding carboxylic acids is 1. The number of carbonyl (C=O) groups is 1. The second-order valence-electron chi connectivity index (χ2n) is 7.77. The molecule has 1 aromatic carbocycles. The molecule has 0 radical (unpaired) electrons. The highest BCUT2D eigenvalue weighted by atomic mass is 16.1. The Labute approximate surface area is 149 Å². The van der Waals surface area contributed by atoms with E-state index in [0.29, 0.717) is 18.3 Å². The van der Waals surface area contributed by atoms with Crippen LogP contribution in [-0.2, 0) is 4.79 Å². The number of hydrogen-bond acceptors (Lipinski definition) is 1. The van der Waals surface area contributed by atoms with Gasteiger partial charge in [0.1, 0.15) is 0 Å². The molecule has 1 amide bonds. The maximum atomic E-state index is 12.2. The summed E-state index contributed by atoms with van der Waals surface area (Å²) in [7, 11) is 0. The largest absolute Gasteiger partial charge is 0.356 e. The van der Waals surface area contributed by atoms with Crippen molar-refractivity contribution in [1.82, 2.24) is 5.32 Å². The molecule has 0 fully saturated rings. The summed E-state index contributed by atoms with van der Waals surface area (Å²) < 4.78 is 0. The number of nitrogens with one attached hydrogen (secondary N) is 1. The van der Waals surface area contributed by atoms with Crippen LogP contribution in [0.15, 0.2) is 30.3 Å². The molecule has 0 aliphatic carbocycles. The van der Waals surface area contributed by atoms with E-state index in [1.807, 2.05) is 6.07 Å². The van der Waals surface area contributed by atoms with Crippen molar-refractivity contribution in [2.45, 2.75) is 78.6 Å². The van der Waals surface area contributed by atoms with Gasteiger partial charge in [0.05, 0.1) is 0 Å². The van der Waals surface area contributed by atoms with Crippen LogP contribution < -0.4 is 5.32 Å². The highest BCUT2D eigenvalue weighted by Crippen LogP contribution is 2.27. The summed E-state index contributed by atoms with van der Waals surface area (Å²) in [6.07, 6.45) is 8.23. The number of unbranched alkanes of at least 4 members (excludes halogenated alkanes) is 4. The van der Waals surface area contributed by atoms with Crippen LogP contribution in [-0.4, -0.2) is 12.5 Å². The van der Waals surface area contributed by atoms with Crippen molar-refractivity contribution >= 4 is 5.91 Å². The van der Waals surface area contributed by atoms with Gasteiger partial charge >= 0.3 is 0 Å². The molecule has 0 aliphatic heterocycles. The maximum absolute atomic E-state index is 12.2. The Hall–Kier alpha value is -1.31. The van der Waals surface area contributed by atoms with Crippen LogP contribution in [0.25, 0.3) is 0 Å². The Morgan fingerprint density at radius 2 is 1.54 bits per heavy atom. The zero-order chi connectivity index (χ0) is 17.8. The van der Waals surface area contributed by atoms with Crippen LogP contribution in [0.4, 0.5) is 0 Å². The molecule has 0 bridgehead atoms. The molecule has 2 nitrogen and oxygen atoms in total. The van der Waals surface area contributed by atoms with E-state index < -0.39 is 0 Å². The molecule has 1 N–H and O–H groups in total. The van der Waals surface area contributed by atoms with Gasteiger partial charge in [0, 0.05) is 13.0 Å². The Balaban J connectivity index is 2.18. The van der Waals surface area contributed by atoms with Crippen LogP contribution >= 0.6 is 0 Å². The van der Waals surface area contributed by atoms with E-state index in [1.54, 1.807) is 0 Å². The number of hydrogen-bond donors (Lipinski definition) is 1. The van der Waals surface area contributed by atoms with E-state index in [2.05, 4.69) is 57.3 Å². The molecular formula is C22H37NO. The summed E-state index contributed by atoms with van der Waals surface area (Å²) >= 11 is 0. The first-order valence-corrected chi connectivity index (χ1v) is 9.82. The van der Waals surface area contributed by atoms with E-state index in [1.165, 1.54) is 37.7 Å². The van der Waals surface area contributed by atoms with Crippen molar-refractivity contribution in [3.05, 3.63) is 35.9 Å². The van der Waals surface area contributed by atoms with Crippen LogP contribution in [0.2, 0.25) is 0 Å². The third kappa shape index (κ3) is 9.10. The molecule has 24 heavy (non-hydrogen) atoms. The third-order valence-electron chi connectivity index (χ3n) is 4.72. The van der Waals surface area contributed by atoms with E-state index in [0.717, 1.165) is 18.9 Å². The second kappa shape index (κ2) is 12.1. The molecule has 0 heterocycles. The Kier molecular flexibility index (Phi) is 10.5. The topological polar surface area (TPSA) is 29.1 Å². The zero-order valence-electron chi connectivity index (χ0n) is 16.2. The molecule has 0 saturated heterocycles. The molecule has 1 aromatic rings. The average molecular weight is 332 g/mol. The van der Waals surface area contributed by atoms with Crippen molar-refractivity contribution in [2.24, 2.45) is 11.8 Å². The molecule has 0 spiro atoms. The fourth-order valence-corrected chi connectivity index (χ4v) is 3.15. The molecule has 0 aromatic heterocycles. The number of amides is 1. The van der Waals surface area contributed by atoms with Gasteiger partial charge in [-0.15, -0.1) is 0 Å². The second-order valence-corrected chi connectivity index (χ2v) is 7.77. The Morgan fingerprint density at radius 1 is 0.917 bits per heavy atom. The first-order chi connectivity index (χ1) is 11.5. The van der Waals surface area contributed by atoms with Crippen molar-refractivity contribution in [1.29, 1.82) is 0 Å². The lowest BCUT2D eigenvalue weighted by Gasteiger charge is -2.21. The molecule has 1 atom stereocenters. The molecule has 136 valence electrons. The summed E-state index contributed by atoms with van der Waals surface area (Å²) in [5.74, 6) is 1.79. The van der Waals surface area contributed by atoms with Gasteiger partial charge in [-0.05, 0) is 29.7 Å². The number of benzene rings is 1. The molecule has 0 saturated carbocycles. The highest BCUT2D eigenvalue weighted by Gasteiger charge is 2.19. The van der Waals surface area contributed by atoms with Gasteiger partial charge in [0.2, 0.25) is 5.91 Å². The standard InChI is InChI=1S/C22H37NO/c1-18(2)13-9-6-5-7-12-16-23-22(24)17-21(19(3)4)20-14-10-8-11-15-20/h8,10-11,14-15,18-19,21H,5-7,9,12-13,16-17H2,1-4H3,(H,23,24). The molecular weight excluding hydrogens is 294 g/mol. The SMILES string of the molecule is CC(C)CCCCCCCNC(=O)CC(c1ccccc1)C(C)C. The summed E-state index contributed by atoms with van der Waals surface area (Å²) in [6.45, 7) is 9.79. The lowest BCUT2D eigenvalue weighted by atomic mass is 9.85. The predicted molar refractivity (Wildman–Crippen MR) is 104 cm³/mol. The molecule has 0 aliphatic rings. The first kappa shape index (κ1) is 20.7. The van der Waals surface area contributed by atoms with Gasteiger partial charge in [-0.25, -0.2) is 0 Å². The van der Waals surface area contributed by atoms with Gasteiger partial charge in [0.25, 0.3) is 0 Å². The monoisotopic (exact) mass is 331 g/mol. The minimum absolute atomic E-state index is 0.192. The van der Waals surface area contributed by atoms with Crippen LogP contribution in [0.1, 0.15) is 84.1 Å². The quantitative estimate of drug-likeness (QED) is 0.473. The summed E-state index contributed by atoms with van der Waals surface area (Å²) in [6, 6.07) is 10.4. The van der Waals surface area contributed by atoms with Crippen LogP contribution in [0, 0.1) is 11.8 Å². The third-order valence-corrected chi connectivity index (χ3v) is 4.72. The molecule has 1 rings (SSSR count). The average Bonchev–Trinajstić information content (AvgIpc) is 2.55. The molecule has 2 heteroatoms.